The normalized spacial score (nSPS) is 14.3. The van der Waals surface area contributed by atoms with Crippen LogP contribution in [0.3, 0.4) is 0 Å². The van der Waals surface area contributed by atoms with Gasteiger partial charge in [-0.2, -0.15) is 0 Å². The molecule has 1 aromatic rings. The zero-order valence-electron chi connectivity index (χ0n) is 16.3. The molecule has 1 N–H and O–H groups in total. The third kappa shape index (κ3) is 6.78. The number of nitrogens with one attached hydrogen (secondary N) is 1. The zero-order valence-corrected chi connectivity index (χ0v) is 18.7. The molecular formula is C20H33IN4O. The summed E-state index contributed by atoms with van der Waals surface area (Å²) >= 11 is 0. The van der Waals surface area contributed by atoms with Gasteiger partial charge in [0.05, 0.1) is 6.54 Å². The predicted octanol–water partition coefficient (Wildman–Crippen LogP) is 3.62. The Labute approximate surface area is 175 Å². The molecule has 1 aliphatic rings. The number of amides is 1. The van der Waals surface area contributed by atoms with E-state index in [1.165, 1.54) is 17.5 Å². The number of aliphatic imine (C=N–C) groups is 1. The lowest BCUT2D eigenvalue weighted by molar-refractivity contribution is -0.128. The van der Waals surface area contributed by atoms with Gasteiger partial charge in [0.25, 0.3) is 0 Å². The third-order valence-electron chi connectivity index (χ3n) is 4.59. The summed E-state index contributed by atoms with van der Waals surface area (Å²) in [5.41, 5.74) is 2.40. The SMILES string of the molecule is CCCCN(C)C(=NCc1ccccc1CN1CCCC1=O)NCC.I. The molecule has 0 aromatic heterocycles. The number of carbonyl (C=O) groups excluding carboxylic acids is 1. The van der Waals surface area contributed by atoms with Gasteiger partial charge in [-0.25, -0.2) is 4.99 Å². The van der Waals surface area contributed by atoms with Gasteiger partial charge < -0.3 is 15.1 Å². The van der Waals surface area contributed by atoms with Crippen molar-refractivity contribution in [1.82, 2.24) is 15.1 Å². The maximum absolute atomic E-state index is 11.9. The van der Waals surface area contributed by atoms with E-state index in [1.54, 1.807) is 0 Å². The molecule has 1 aromatic carbocycles. The van der Waals surface area contributed by atoms with Crippen molar-refractivity contribution in [3.05, 3.63) is 35.4 Å². The van der Waals surface area contributed by atoms with Crippen molar-refractivity contribution >= 4 is 35.8 Å². The van der Waals surface area contributed by atoms with Gasteiger partial charge in [-0.05, 0) is 30.9 Å². The highest BCUT2D eigenvalue weighted by Gasteiger charge is 2.20. The molecular weight excluding hydrogens is 439 g/mol. The summed E-state index contributed by atoms with van der Waals surface area (Å²) in [7, 11) is 2.09. The standard InChI is InChI=1S/C20H32N4O.HI/c1-4-6-13-23(3)20(21-5-2)22-15-17-10-7-8-11-18(17)16-24-14-9-12-19(24)25;/h7-8,10-11H,4-6,9,12-16H2,1-3H3,(H,21,22);1H. The first kappa shape index (κ1) is 22.7. The summed E-state index contributed by atoms with van der Waals surface area (Å²) < 4.78 is 0. The largest absolute Gasteiger partial charge is 0.357 e. The van der Waals surface area contributed by atoms with Crippen LogP contribution in [-0.2, 0) is 17.9 Å². The smallest absolute Gasteiger partial charge is 0.222 e. The van der Waals surface area contributed by atoms with Crippen molar-refractivity contribution in [2.45, 2.75) is 52.6 Å². The molecule has 0 unspecified atom stereocenters. The molecule has 1 saturated heterocycles. The first-order valence-electron chi connectivity index (χ1n) is 9.49. The van der Waals surface area contributed by atoms with E-state index in [9.17, 15) is 4.79 Å². The minimum absolute atomic E-state index is 0. The van der Waals surface area contributed by atoms with Crippen LogP contribution in [0.5, 0.6) is 0 Å². The van der Waals surface area contributed by atoms with E-state index in [4.69, 9.17) is 4.99 Å². The lowest BCUT2D eigenvalue weighted by Gasteiger charge is -2.22. The molecule has 0 aliphatic carbocycles. The maximum atomic E-state index is 11.9. The molecule has 0 bridgehead atoms. The van der Waals surface area contributed by atoms with Crippen LogP contribution in [0, 0.1) is 0 Å². The number of hydrogen-bond donors (Lipinski definition) is 1. The number of hydrogen-bond acceptors (Lipinski definition) is 2. The van der Waals surface area contributed by atoms with Gasteiger partial charge in [-0.1, -0.05) is 37.6 Å². The highest BCUT2D eigenvalue weighted by Crippen LogP contribution is 2.18. The van der Waals surface area contributed by atoms with Crippen molar-refractivity contribution in [2.24, 2.45) is 4.99 Å². The van der Waals surface area contributed by atoms with Crippen molar-refractivity contribution < 1.29 is 4.79 Å². The Morgan fingerprint density at radius 2 is 2.00 bits per heavy atom. The van der Waals surface area contributed by atoms with Gasteiger partial charge in [0, 0.05) is 39.6 Å². The van der Waals surface area contributed by atoms with Gasteiger partial charge >= 0.3 is 0 Å². The molecule has 1 heterocycles. The fraction of sp³-hybridized carbons (Fsp3) is 0.600. The fourth-order valence-electron chi connectivity index (χ4n) is 3.07. The summed E-state index contributed by atoms with van der Waals surface area (Å²) in [6.45, 7) is 8.37. The molecule has 1 aliphatic heterocycles. The monoisotopic (exact) mass is 472 g/mol. The van der Waals surface area contributed by atoms with Crippen molar-refractivity contribution in [2.75, 3.05) is 26.7 Å². The quantitative estimate of drug-likeness (QED) is 0.357. The minimum Gasteiger partial charge on any atom is -0.357 e. The molecule has 2 rings (SSSR count). The Bertz CT molecular complexity index is 591. The second kappa shape index (κ2) is 12.1. The van der Waals surface area contributed by atoms with Crippen LogP contribution in [-0.4, -0.2) is 48.3 Å². The molecule has 0 atom stereocenters. The Hall–Kier alpha value is -1.31. The van der Waals surface area contributed by atoms with E-state index in [2.05, 4.69) is 43.2 Å². The van der Waals surface area contributed by atoms with Crippen molar-refractivity contribution in [3.8, 4) is 0 Å². The predicted molar refractivity (Wildman–Crippen MR) is 119 cm³/mol. The Kier molecular flexibility index (Phi) is 10.6. The summed E-state index contributed by atoms with van der Waals surface area (Å²) in [6, 6.07) is 8.33. The van der Waals surface area contributed by atoms with Gasteiger partial charge in [0.2, 0.25) is 5.91 Å². The van der Waals surface area contributed by atoms with Crippen LogP contribution in [0.2, 0.25) is 0 Å². The maximum Gasteiger partial charge on any atom is 0.222 e. The molecule has 1 amide bonds. The van der Waals surface area contributed by atoms with Gasteiger partial charge in [-0.15, -0.1) is 24.0 Å². The molecule has 0 saturated carbocycles. The number of rotatable bonds is 8. The Morgan fingerprint density at radius 3 is 2.62 bits per heavy atom. The summed E-state index contributed by atoms with van der Waals surface area (Å²) in [4.78, 5) is 20.9. The summed E-state index contributed by atoms with van der Waals surface area (Å²) in [6.07, 6.45) is 4.00. The number of unbranched alkanes of at least 4 members (excludes halogenated alkanes) is 1. The topological polar surface area (TPSA) is 47.9 Å². The molecule has 0 radical (unpaired) electrons. The first-order chi connectivity index (χ1) is 12.2. The average molecular weight is 472 g/mol. The highest BCUT2D eigenvalue weighted by atomic mass is 127. The highest BCUT2D eigenvalue weighted by molar-refractivity contribution is 14.0. The van der Waals surface area contributed by atoms with Crippen LogP contribution in [0.1, 0.15) is 50.7 Å². The number of benzene rings is 1. The molecule has 146 valence electrons. The summed E-state index contributed by atoms with van der Waals surface area (Å²) in [5.74, 6) is 1.22. The van der Waals surface area contributed by atoms with E-state index in [0.29, 0.717) is 19.5 Å². The van der Waals surface area contributed by atoms with E-state index >= 15 is 0 Å². The van der Waals surface area contributed by atoms with Crippen LogP contribution >= 0.6 is 24.0 Å². The van der Waals surface area contributed by atoms with E-state index in [-0.39, 0.29) is 29.9 Å². The molecule has 5 nitrogen and oxygen atoms in total. The number of nitrogens with zero attached hydrogens (tertiary/aromatic N) is 3. The van der Waals surface area contributed by atoms with E-state index in [1.807, 2.05) is 17.0 Å². The van der Waals surface area contributed by atoms with Gasteiger partial charge in [0.1, 0.15) is 0 Å². The number of guanidine groups is 1. The second-order valence-electron chi connectivity index (χ2n) is 6.63. The van der Waals surface area contributed by atoms with Gasteiger partial charge in [0.15, 0.2) is 5.96 Å². The zero-order chi connectivity index (χ0) is 18.1. The van der Waals surface area contributed by atoms with Crippen LogP contribution in [0.4, 0.5) is 0 Å². The summed E-state index contributed by atoms with van der Waals surface area (Å²) in [5, 5.41) is 3.37. The molecule has 1 fully saturated rings. The minimum atomic E-state index is 0. The van der Waals surface area contributed by atoms with Crippen molar-refractivity contribution in [1.29, 1.82) is 0 Å². The second-order valence-corrected chi connectivity index (χ2v) is 6.63. The lowest BCUT2D eigenvalue weighted by Crippen LogP contribution is -2.39. The lowest BCUT2D eigenvalue weighted by atomic mass is 10.1. The third-order valence-corrected chi connectivity index (χ3v) is 4.59. The number of halogens is 1. The van der Waals surface area contributed by atoms with E-state index in [0.717, 1.165) is 38.4 Å². The molecule has 26 heavy (non-hydrogen) atoms. The molecule has 0 spiro atoms. The van der Waals surface area contributed by atoms with E-state index < -0.39 is 0 Å². The first-order valence-corrected chi connectivity index (χ1v) is 9.49. The fourth-order valence-corrected chi connectivity index (χ4v) is 3.07. The number of carbonyl (C=O) groups is 1. The Morgan fingerprint density at radius 1 is 1.27 bits per heavy atom. The Balaban J connectivity index is 0.00000338. The van der Waals surface area contributed by atoms with Gasteiger partial charge in [-0.3, -0.25) is 4.79 Å². The average Bonchev–Trinajstić information content (AvgIpc) is 3.02. The van der Waals surface area contributed by atoms with Crippen molar-refractivity contribution in [3.63, 3.8) is 0 Å². The number of likely N-dealkylation sites (tertiary alicyclic amines) is 1. The van der Waals surface area contributed by atoms with Crippen LogP contribution in [0.15, 0.2) is 29.3 Å². The van der Waals surface area contributed by atoms with Crippen LogP contribution < -0.4 is 5.32 Å². The van der Waals surface area contributed by atoms with Crippen LogP contribution in [0.25, 0.3) is 0 Å². The molecule has 6 heteroatoms.